The minimum absolute atomic E-state index is 0.394. The highest BCUT2D eigenvalue weighted by Gasteiger charge is 2.07. The van der Waals surface area contributed by atoms with E-state index in [1.165, 1.54) is 14.2 Å². The standard InChI is InChI=1S/C9H13N3O2/c1-12(10)9(13)11-7-5-3-4-6-8(7)14-2/h3-6H,10H2,1-2H3,(H,11,13). The Bertz CT molecular complexity index is 326. The molecule has 0 saturated carbocycles. The Labute approximate surface area is 82.4 Å². The summed E-state index contributed by atoms with van der Waals surface area (Å²) >= 11 is 0. The highest BCUT2D eigenvalue weighted by molar-refractivity contribution is 5.90. The molecule has 0 atom stereocenters. The molecular weight excluding hydrogens is 182 g/mol. The zero-order chi connectivity index (χ0) is 10.6. The van der Waals surface area contributed by atoms with Crippen molar-refractivity contribution < 1.29 is 9.53 Å². The molecule has 0 saturated heterocycles. The molecule has 5 heteroatoms. The van der Waals surface area contributed by atoms with Crippen molar-refractivity contribution in [3.05, 3.63) is 24.3 Å². The second-order valence-electron chi connectivity index (χ2n) is 2.74. The van der Waals surface area contributed by atoms with E-state index in [0.29, 0.717) is 11.4 Å². The van der Waals surface area contributed by atoms with Crippen LogP contribution in [0.4, 0.5) is 10.5 Å². The van der Waals surface area contributed by atoms with Crippen LogP contribution in [0.2, 0.25) is 0 Å². The molecule has 3 N–H and O–H groups in total. The summed E-state index contributed by atoms with van der Waals surface area (Å²) in [7, 11) is 3.00. The largest absolute Gasteiger partial charge is 0.495 e. The minimum Gasteiger partial charge on any atom is -0.495 e. The molecule has 0 aliphatic carbocycles. The number of hydrogen-bond donors (Lipinski definition) is 2. The molecule has 2 amide bonds. The molecule has 5 nitrogen and oxygen atoms in total. The number of methoxy groups -OCH3 is 1. The predicted octanol–water partition coefficient (Wildman–Crippen LogP) is 1.03. The number of urea groups is 1. The van der Waals surface area contributed by atoms with Gasteiger partial charge in [-0.15, -0.1) is 0 Å². The zero-order valence-corrected chi connectivity index (χ0v) is 8.15. The summed E-state index contributed by atoms with van der Waals surface area (Å²) in [6.45, 7) is 0. The number of benzene rings is 1. The zero-order valence-electron chi connectivity index (χ0n) is 8.15. The Balaban J connectivity index is 2.80. The fourth-order valence-corrected chi connectivity index (χ4v) is 0.951. The average molecular weight is 195 g/mol. The minimum atomic E-state index is -0.394. The summed E-state index contributed by atoms with van der Waals surface area (Å²) in [6.07, 6.45) is 0. The van der Waals surface area contributed by atoms with Crippen LogP contribution in [0, 0.1) is 0 Å². The third-order valence-electron chi connectivity index (χ3n) is 1.67. The van der Waals surface area contributed by atoms with Crippen LogP contribution in [-0.4, -0.2) is 25.2 Å². The number of para-hydroxylation sites is 2. The molecule has 0 aliphatic heterocycles. The van der Waals surface area contributed by atoms with Crippen LogP contribution in [-0.2, 0) is 0 Å². The van der Waals surface area contributed by atoms with Crippen LogP contribution in [0.15, 0.2) is 24.3 Å². The van der Waals surface area contributed by atoms with Crippen LogP contribution in [0.25, 0.3) is 0 Å². The Morgan fingerprint density at radius 1 is 1.50 bits per heavy atom. The smallest absolute Gasteiger partial charge is 0.335 e. The maximum absolute atomic E-state index is 11.2. The lowest BCUT2D eigenvalue weighted by molar-refractivity contribution is 0.223. The lowest BCUT2D eigenvalue weighted by atomic mass is 10.3. The van der Waals surface area contributed by atoms with Gasteiger partial charge < -0.3 is 10.1 Å². The topological polar surface area (TPSA) is 67.6 Å². The molecule has 76 valence electrons. The van der Waals surface area contributed by atoms with E-state index in [0.717, 1.165) is 5.01 Å². The fraction of sp³-hybridized carbons (Fsp3) is 0.222. The molecule has 0 heterocycles. The molecule has 0 radical (unpaired) electrons. The van der Waals surface area contributed by atoms with Crippen LogP contribution in [0.5, 0.6) is 5.75 Å². The summed E-state index contributed by atoms with van der Waals surface area (Å²) in [5, 5.41) is 3.56. The number of nitrogens with two attached hydrogens (primary N) is 1. The molecule has 14 heavy (non-hydrogen) atoms. The number of hydrogen-bond acceptors (Lipinski definition) is 3. The second-order valence-corrected chi connectivity index (χ2v) is 2.74. The van der Waals surface area contributed by atoms with Crippen molar-refractivity contribution in [1.82, 2.24) is 5.01 Å². The molecule has 0 aromatic heterocycles. The SMILES string of the molecule is COc1ccccc1NC(=O)N(C)N. The van der Waals surface area contributed by atoms with E-state index in [-0.39, 0.29) is 0 Å². The van der Waals surface area contributed by atoms with Gasteiger partial charge in [0.1, 0.15) is 5.75 Å². The number of hydrazine groups is 1. The maximum Gasteiger partial charge on any atom is 0.335 e. The maximum atomic E-state index is 11.2. The van der Waals surface area contributed by atoms with Crippen molar-refractivity contribution in [3.63, 3.8) is 0 Å². The molecule has 0 fully saturated rings. The van der Waals surface area contributed by atoms with Crippen molar-refractivity contribution in [2.24, 2.45) is 5.84 Å². The van der Waals surface area contributed by atoms with Crippen molar-refractivity contribution in [2.75, 3.05) is 19.5 Å². The van der Waals surface area contributed by atoms with Gasteiger partial charge in [-0.25, -0.2) is 10.6 Å². The van der Waals surface area contributed by atoms with E-state index in [2.05, 4.69) is 5.32 Å². The van der Waals surface area contributed by atoms with Crippen LogP contribution in [0.3, 0.4) is 0 Å². The first kappa shape index (κ1) is 10.3. The lowest BCUT2D eigenvalue weighted by Gasteiger charge is -2.13. The van der Waals surface area contributed by atoms with Gasteiger partial charge in [0.2, 0.25) is 0 Å². The van der Waals surface area contributed by atoms with E-state index in [9.17, 15) is 4.79 Å². The van der Waals surface area contributed by atoms with Gasteiger partial charge in [-0.3, -0.25) is 5.01 Å². The quantitative estimate of drug-likeness (QED) is 0.421. The molecule has 0 spiro atoms. The number of anilines is 1. The summed E-state index contributed by atoms with van der Waals surface area (Å²) in [5.74, 6) is 5.86. The molecular formula is C9H13N3O2. The molecule has 0 bridgehead atoms. The van der Waals surface area contributed by atoms with Gasteiger partial charge in [0, 0.05) is 7.05 Å². The molecule has 1 aromatic carbocycles. The van der Waals surface area contributed by atoms with Crippen molar-refractivity contribution in [1.29, 1.82) is 0 Å². The molecule has 1 rings (SSSR count). The van der Waals surface area contributed by atoms with Gasteiger partial charge in [0.25, 0.3) is 0 Å². The number of ether oxygens (including phenoxy) is 1. The Morgan fingerprint density at radius 2 is 2.14 bits per heavy atom. The van der Waals surface area contributed by atoms with E-state index in [4.69, 9.17) is 10.6 Å². The summed E-state index contributed by atoms with van der Waals surface area (Å²) in [6, 6.07) is 6.72. The fourth-order valence-electron chi connectivity index (χ4n) is 0.951. The number of carbonyl (C=O) groups is 1. The number of nitrogens with one attached hydrogen (secondary N) is 1. The van der Waals surface area contributed by atoms with Crippen LogP contribution in [0.1, 0.15) is 0 Å². The predicted molar refractivity (Wildman–Crippen MR) is 54.0 cm³/mol. The number of amides is 2. The molecule has 1 aromatic rings. The van der Waals surface area contributed by atoms with Gasteiger partial charge >= 0.3 is 6.03 Å². The Kier molecular flexibility index (Phi) is 3.30. The first-order chi connectivity index (χ1) is 6.65. The van der Waals surface area contributed by atoms with E-state index in [1.807, 2.05) is 6.07 Å². The highest BCUT2D eigenvalue weighted by Crippen LogP contribution is 2.22. The van der Waals surface area contributed by atoms with Crippen LogP contribution >= 0.6 is 0 Å². The summed E-state index contributed by atoms with van der Waals surface area (Å²) in [4.78, 5) is 11.2. The number of nitrogens with zero attached hydrogens (tertiary/aromatic N) is 1. The average Bonchev–Trinajstić information content (AvgIpc) is 2.18. The number of rotatable bonds is 2. The Hall–Kier alpha value is -1.75. The van der Waals surface area contributed by atoms with E-state index < -0.39 is 6.03 Å². The third-order valence-corrected chi connectivity index (χ3v) is 1.67. The van der Waals surface area contributed by atoms with Crippen molar-refractivity contribution in [3.8, 4) is 5.75 Å². The first-order valence-electron chi connectivity index (χ1n) is 4.07. The van der Waals surface area contributed by atoms with Gasteiger partial charge in [-0.2, -0.15) is 0 Å². The van der Waals surface area contributed by atoms with E-state index >= 15 is 0 Å². The van der Waals surface area contributed by atoms with Crippen molar-refractivity contribution >= 4 is 11.7 Å². The normalized spacial score (nSPS) is 9.36. The second kappa shape index (κ2) is 4.48. The Morgan fingerprint density at radius 3 is 2.71 bits per heavy atom. The van der Waals surface area contributed by atoms with E-state index in [1.54, 1.807) is 18.2 Å². The third kappa shape index (κ3) is 2.37. The van der Waals surface area contributed by atoms with Gasteiger partial charge in [0.15, 0.2) is 0 Å². The molecule has 0 aliphatic rings. The van der Waals surface area contributed by atoms with Crippen LogP contribution < -0.4 is 15.9 Å². The highest BCUT2D eigenvalue weighted by atomic mass is 16.5. The van der Waals surface area contributed by atoms with Gasteiger partial charge in [-0.1, -0.05) is 12.1 Å². The first-order valence-corrected chi connectivity index (χ1v) is 4.07. The monoisotopic (exact) mass is 195 g/mol. The van der Waals surface area contributed by atoms with Crippen molar-refractivity contribution in [2.45, 2.75) is 0 Å². The number of carbonyl (C=O) groups excluding carboxylic acids is 1. The summed E-state index contributed by atoms with van der Waals surface area (Å²) < 4.78 is 5.05. The van der Waals surface area contributed by atoms with Gasteiger partial charge in [0.05, 0.1) is 12.8 Å². The molecule has 0 unspecified atom stereocenters. The summed E-state index contributed by atoms with van der Waals surface area (Å²) in [5.41, 5.74) is 0.595. The lowest BCUT2D eigenvalue weighted by Crippen LogP contribution is -2.36. The van der Waals surface area contributed by atoms with Gasteiger partial charge in [-0.05, 0) is 12.1 Å².